The Kier molecular flexibility index (Phi) is 4.38. The lowest BCUT2D eigenvalue weighted by Gasteiger charge is -2.19. The molecular formula is C13H15F3O2. The molecule has 0 heterocycles. The lowest BCUT2D eigenvalue weighted by molar-refractivity contribution is -0.142. The van der Waals surface area contributed by atoms with Gasteiger partial charge in [0.1, 0.15) is 0 Å². The monoisotopic (exact) mass is 260 g/mol. The lowest BCUT2D eigenvalue weighted by atomic mass is 9.85. The maximum atomic E-state index is 12.4. The highest BCUT2D eigenvalue weighted by Gasteiger charge is 2.31. The van der Waals surface area contributed by atoms with Crippen molar-refractivity contribution in [1.82, 2.24) is 0 Å². The van der Waals surface area contributed by atoms with Crippen LogP contribution in [0.3, 0.4) is 0 Å². The molecule has 2 unspecified atom stereocenters. The highest BCUT2D eigenvalue weighted by Crippen LogP contribution is 2.32. The van der Waals surface area contributed by atoms with Gasteiger partial charge < -0.3 is 5.11 Å². The molecule has 0 aliphatic carbocycles. The molecule has 0 fully saturated rings. The second-order valence-electron chi connectivity index (χ2n) is 4.26. The molecule has 100 valence electrons. The summed E-state index contributed by atoms with van der Waals surface area (Å²) in [5.41, 5.74) is -0.112. The van der Waals surface area contributed by atoms with Crippen LogP contribution in [0.4, 0.5) is 13.2 Å². The summed E-state index contributed by atoms with van der Waals surface area (Å²) in [7, 11) is 0. The van der Waals surface area contributed by atoms with Gasteiger partial charge in [-0.1, -0.05) is 26.0 Å². The topological polar surface area (TPSA) is 37.3 Å². The minimum atomic E-state index is -4.36. The molecule has 5 heteroatoms. The molecule has 1 aromatic rings. The van der Waals surface area contributed by atoms with Crippen LogP contribution in [0.2, 0.25) is 0 Å². The van der Waals surface area contributed by atoms with Crippen LogP contribution in [0.15, 0.2) is 24.3 Å². The molecule has 0 aliphatic heterocycles. The Hall–Kier alpha value is -1.52. The quantitative estimate of drug-likeness (QED) is 0.890. The molecule has 1 N–H and O–H groups in total. The Bertz CT molecular complexity index is 409. The standard InChI is InChI=1S/C13H15F3O2/c1-3-11(12(17)18)8(2)9-4-6-10(7-5-9)13(14,15)16/h4-8,11H,3H2,1-2H3,(H,17,18). The summed E-state index contributed by atoms with van der Waals surface area (Å²) in [5.74, 6) is -1.82. The third kappa shape index (κ3) is 3.24. The van der Waals surface area contributed by atoms with E-state index in [1.165, 1.54) is 12.1 Å². The van der Waals surface area contributed by atoms with Gasteiger partial charge in [0.15, 0.2) is 0 Å². The normalized spacial score (nSPS) is 15.2. The number of benzene rings is 1. The number of alkyl halides is 3. The number of carboxylic acids is 1. The molecule has 0 radical (unpaired) electrons. The van der Waals surface area contributed by atoms with E-state index in [1.54, 1.807) is 13.8 Å². The Morgan fingerprint density at radius 1 is 1.28 bits per heavy atom. The van der Waals surface area contributed by atoms with Crippen molar-refractivity contribution in [2.45, 2.75) is 32.4 Å². The Balaban J connectivity index is 2.94. The molecule has 1 rings (SSSR count). The van der Waals surface area contributed by atoms with Crippen LogP contribution in [0.25, 0.3) is 0 Å². The molecule has 1 aromatic carbocycles. The second kappa shape index (κ2) is 5.42. The highest BCUT2D eigenvalue weighted by atomic mass is 19.4. The summed E-state index contributed by atoms with van der Waals surface area (Å²) in [6, 6.07) is 4.67. The van der Waals surface area contributed by atoms with Gasteiger partial charge in [-0.2, -0.15) is 13.2 Å². The first kappa shape index (κ1) is 14.5. The van der Waals surface area contributed by atoms with E-state index in [4.69, 9.17) is 5.11 Å². The smallest absolute Gasteiger partial charge is 0.416 e. The molecule has 0 saturated carbocycles. The first-order chi connectivity index (χ1) is 8.27. The van der Waals surface area contributed by atoms with Crippen molar-refractivity contribution >= 4 is 5.97 Å². The summed E-state index contributed by atoms with van der Waals surface area (Å²) in [5, 5.41) is 9.01. The summed E-state index contributed by atoms with van der Waals surface area (Å²) < 4.78 is 37.1. The molecule has 0 saturated heterocycles. The lowest BCUT2D eigenvalue weighted by Crippen LogP contribution is -2.19. The maximum absolute atomic E-state index is 12.4. The number of carbonyl (C=O) groups is 1. The predicted octanol–water partition coefficient (Wildman–Crippen LogP) is 3.92. The van der Waals surface area contributed by atoms with E-state index in [-0.39, 0.29) is 5.92 Å². The molecule has 2 nitrogen and oxygen atoms in total. The summed E-state index contributed by atoms with van der Waals surface area (Å²) in [6.45, 7) is 3.46. The van der Waals surface area contributed by atoms with Gasteiger partial charge in [-0.3, -0.25) is 4.79 Å². The third-order valence-corrected chi connectivity index (χ3v) is 3.12. The van der Waals surface area contributed by atoms with Crippen molar-refractivity contribution < 1.29 is 23.1 Å². The number of carboxylic acid groups (broad SMARTS) is 1. The van der Waals surface area contributed by atoms with Crippen molar-refractivity contribution in [1.29, 1.82) is 0 Å². The number of halogens is 3. The van der Waals surface area contributed by atoms with Crippen LogP contribution in [-0.2, 0) is 11.0 Å². The molecular weight excluding hydrogens is 245 g/mol. The van der Waals surface area contributed by atoms with Gasteiger partial charge in [-0.05, 0) is 30.0 Å². The molecule has 0 aliphatic rings. The van der Waals surface area contributed by atoms with Crippen LogP contribution >= 0.6 is 0 Å². The number of rotatable bonds is 4. The predicted molar refractivity (Wildman–Crippen MR) is 61.3 cm³/mol. The van der Waals surface area contributed by atoms with Gasteiger partial charge in [0, 0.05) is 0 Å². The highest BCUT2D eigenvalue weighted by molar-refractivity contribution is 5.71. The average molecular weight is 260 g/mol. The van der Waals surface area contributed by atoms with Crippen molar-refractivity contribution in [3.8, 4) is 0 Å². The van der Waals surface area contributed by atoms with Gasteiger partial charge in [0.2, 0.25) is 0 Å². The fourth-order valence-electron chi connectivity index (χ4n) is 1.95. The summed E-state index contributed by atoms with van der Waals surface area (Å²) in [4.78, 5) is 11.0. The van der Waals surface area contributed by atoms with Crippen LogP contribution in [0.5, 0.6) is 0 Å². The van der Waals surface area contributed by atoms with Gasteiger partial charge in [0.05, 0.1) is 11.5 Å². The first-order valence-electron chi connectivity index (χ1n) is 5.67. The van der Waals surface area contributed by atoms with E-state index in [0.29, 0.717) is 12.0 Å². The van der Waals surface area contributed by atoms with Crippen LogP contribution in [-0.4, -0.2) is 11.1 Å². The van der Waals surface area contributed by atoms with Crippen LogP contribution in [0, 0.1) is 5.92 Å². The Morgan fingerprint density at radius 3 is 2.11 bits per heavy atom. The summed E-state index contributed by atoms with van der Waals surface area (Å²) >= 11 is 0. The number of hydrogen-bond donors (Lipinski definition) is 1. The van der Waals surface area contributed by atoms with Crippen LogP contribution in [0.1, 0.15) is 37.3 Å². The second-order valence-corrected chi connectivity index (χ2v) is 4.26. The summed E-state index contributed by atoms with van der Waals surface area (Å²) in [6.07, 6.45) is -3.92. The third-order valence-electron chi connectivity index (χ3n) is 3.12. The number of aliphatic carboxylic acids is 1. The minimum Gasteiger partial charge on any atom is -0.481 e. The maximum Gasteiger partial charge on any atom is 0.416 e. The molecule has 0 aromatic heterocycles. The van der Waals surface area contributed by atoms with Crippen molar-refractivity contribution in [2.75, 3.05) is 0 Å². The SMILES string of the molecule is CCC(C(=O)O)C(C)c1ccc(C(F)(F)F)cc1. The molecule has 0 bridgehead atoms. The van der Waals surface area contributed by atoms with E-state index < -0.39 is 23.6 Å². The van der Waals surface area contributed by atoms with Gasteiger partial charge >= 0.3 is 12.1 Å². The van der Waals surface area contributed by atoms with Crippen LogP contribution < -0.4 is 0 Å². The minimum absolute atomic E-state index is 0.310. The number of hydrogen-bond acceptors (Lipinski definition) is 1. The van der Waals surface area contributed by atoms with Crippen molar-refractivity contribution in [2.24, 2.45) is 5.92 Å². The largest absolute Gasteiger partial charge is 0.481 e. The van der Waals surface area contributed by atoms with Crippen molar-refractivity contribution in [3.05, 3.63) is 35.4 Å². The van der Waals surface area contributed by atoms with Gasteiger partial charge in [-0.25, -0.2) is 0 Å². The van der Waals surface area contributed by atoms with Gasteiger partial charge in [-0.15, -0.1) is 0 Å². The van der Waals surface area contributed by atoms with E-state index in [2.05, 4.69) is 0 Å². The zero-order chi connectivity index (χ0) is 13.9. The first-order valence-corrected chi connectivity index (χ1v) is 5.67. The molecule has 0 spiro atoms. The molecule has 2 atom stereocenters. The average Bonchev–Trinajstić information content (AvgIpc) is 2.28. The van der Waals surface area contributed by atoms with Crippen molar-refractivity contribution in [3.63, 3.8) is 0 Å². The van der Waals surface area contributed by atoms with E-state index >= 15 is 0 Å². The molecule has 18 heavy (non-hydrogen) atoms. The van der Waals surface area contributed by atoms with E-state index in [1.807, 2.05) is 0 Å². The zero-order valence-electron chi connectivity index (χ0n) is 10.2. The Labute approximate surface area is 103 Å². The fraction of sp³-hybridized carbons (Fsp3) is 0.462. The van der Waals surface area contributed by atoms with E-state index in [0.717, 1.165) is 12.1 Å². The fourth-order valence-corrected chi connectivity index (χ4v) is 1.95. The van der Waals surface area contributed by atoms with E-state index in [9.17, 15) is 18.0 Å². The zero-order valence-corrected chi connectivity index (χ0v) is 10.2. The van der Waals surface area contributed by atoms with Gasteiger partial charge in [0.25, 0.3) is 0 Å². The molecule has 0 amide bonds. The Morgan fingerprint density at radius 2 is 1.78 bits per heavy atom.